The van der Waals surface area contributed by atoms with Gasteiger partial charge in [-0.25, -0.2) is 8.42 Å². The fraction of sp³-hybridized carbons (Fsp3) is 0.250. The van der Waals surface area contributed by atoms with Gasteiger partial charge in [-0.15, -0.1) is 0 Å². The van der Waals surface area contributed by atoms with Gasteiger partial charge in [0.15, 0.2) is 0 Å². The Labute approximate surface area is 135 Å². The maximum absolute atomic E-state index is 12.7. The van der Waals surface area contributed by atoms with Crippen LogP contribution in [0.2, 0.25) is 0 Å². The highest BCUT2D eigenvalue weighted by Gasteiger charge is 2.22. The van der Waals surface area contributed by atoms with Crippen LogP contribution in [0.15, 0.2) is 41.3 Å². The molecular weight excluding hydrogens is 318 g/mol. The monoisotopic (exact) mass is 337 g/mol. The van der Waals surface area contributed by atoms with Crippen molar-refractivity contribution in [2.24, 2.45) is 0 Å². The summed E-state index contributed by atoms with van der Waals surface area (Å²) in [4.78, 5) is -0.0357. The van der Waals surface area contributed by atoms with Gasteiger partial charge in [-0.05, 0) is 24.6 Å². The second-order valence-electron chi connectivity index (χ2n) is 4.89. The summed E-state index contributed by atoms with van der Waals surface area (Å²) in [5.74, 6) is 0.607. The van der Waals surface area contributed by atoms with Gasteiger partial charge in [0.25, 0.3) is 10.0 Å². The molecule has 0 atom stereocenters. The summed E-state index contributed by atoms with van der Waals surface area (Å²) >= 11 is 0. The molecule has 0 aliphatic rings. The maximum atomic E-state index is 12.7. The van der Waals surface area contributed by atoms with Gasteiger partial charge < -0.3 is 14.6 Å². The van der Waals surface area contributed by atoms with Gasteiger partial charge in [0.1, 0.15) is 16.4 Å². The lowest BCUT2D eigenvalue weighted by molar-refractivity contribution is 0.282. The number of rotatable bonds is 6. The molecule has 0 radical (unpaired) electrons. The molecule has 23 heavy (non-hydrogen) atoms. The van der Waals surface area contributed by atoms with E-state index in [4.69, 9.17) is 9.47 Å². The SMILES string of the molecule is COc1ccc(OC)c(S(=O)(=O)Nc2c(C)cccc2CO)c1. The average molecular weight is 337 g/mol. The van der Waals surface area contributed by atoms with Crippen LogP contribution in [0.5, 0.6) is 11.5 Å². The predicted octanol–water partition coefficient (Wildman–Crippen LogP) is 2.31. The fourth-order valence-electron chi connectivity index (χ4n) is 2.19. The number of hydrogen-bond acceptors (Lipinski definition) is 5. The molecule has 0 heterocycles. The first-order valence-electron chi connectivity index (χ1n) is 6.87. The number of methoxy groups -OCH3 is 2. The first kappa shape index (κ1) is 17.1. The minimum Gasteiger partial charge on any atom is -0.497 e. The fourth-order valence-corrected chi connectivity index (χ4v) is 3.55. The van der Waals surface area contributed by atoms with Crippen molar-refractivity contribution in [2.75, 3.05) is 18.9 Å². The number of sulfonamides is 1. The second-order valence-corrected chi connectivity index (χ2v) is 6.54. The highest BCUT2D eigenvalue weighted by molar-refractivity contribution is 7.92. The number of para-hydroxylation sites is 1. The summed E-state index contributed by atoms with van der Waals surface area (Å²) in [6.07, 6.45) is 0. The summed E-state index contributed by atoms with van der Waals surface area (Å²) < 4.78 is 38.2. The Morgan fingerprint density at radius 2 is 1.87 bits per heavy atom. The lowest BCUT2D eigenvalue weighted by Gasteiger charge is -2.16. The van der Waals surface area contributed by atoms with Crippen LogP contribution in [0.3, 0.4) is 0 Å². The van der Waals surface area contributed by atoms with Crippen molar-refractivity contribution in [1.29, 1.82) is 0 Å². The third-order valence-corrected chi connectivity index (χ3v) is 4.80. The zero-order valence-electron chi connectivity index (χ0n) is 13.2. The largest absolute Gasteiger partial charge is 0.497 e. The van der Waals surface area contributed by atoms with Crippen molar-refractivity contribution in [1.82, 2.24) is 0 Å². The molecule has 0 fully saturated rings. The molecule has 6 nitrogen and oxygen atoms in total. The predicted molar refractivity (Wildman–Crippen MR) is 87.5 cm³/mol. The van der Waals surface area contributed by atoms with E-state index in [1.165, 1.54) is 26.4 Å². The normalized spacial score (nSPS) is 11.1. The van der Waals surface area contributed by atoms with E-state index in [0.717, 1.165) is 0 Å². The van der Waals surface area contributed by atoms with Crippen LogP contribution in [0.1, 0.15) is 11.1 Å². The first-order chi connectivity index (χ1) is 10.9. The molecule has 0 bridgehead atoms. The van der Waals surface area contributed by atoms with E-state index in [1.807, 2.05) is 0 Å². The molecule has 0 saturated carbocycles. The van der Waals surface area contributed by atoms with Crippen molar-refractivity contribution >= 4 is 15.7 Å². The van der Waals surface area contributed by atoms with Crippen LogP contribution in [0.25, 0.3) is 0 Å². The Morgan fingerprint density at radius 1 is 1.13 bits per heavy atom. The number of benzene rings is 2. The van der Waals surface area contributed by atoms with Crippen LogP contribution >= 0.6 is 0 Å². The van der Waals surface area contributed by atoms with E-state index in [9.17, 15) is 13.5 Å². The van der Waals surface area contributed by atoms with Crippen LogP contribution in [0.4, 0.5) is 5.69 Å². The van der Waals surface area contributed by atoms with Crippen molar-refractivity contribution < 1.29 is 23.0 Å². The van der Waals surface area contributed by atoms with Gasteiger partial charge in [0.05, 0.1) is 26.5 Å². The number of aryl methyl sites for hydroxylation is 1. The lowest BCUT2D eigenvalue weighted by Crippen LogP contribution is -2.16. The third kappa shape index (κ3) is 3.57. The lowest BCUT2D eigenvalue weighted by atomic mass is 10.1. The molecule has 2 rings (SSSR count). The van der Waals surface area contributed by atoms with Gasteiger partial charge >= 0.3 is 0 Å². The molecule has 0 aliphatic carbocycles. The summed E-state index contributed by atoms with van der Waals surface area (Å²) in [6, 6.07) is 9.71. The quantitative estimate of drug-likeness (QED) is 0.845. The molecule has 0 aliphatic heterocycles. The molecule has 7 heteroatoms. The first-order valence-corrected chi connectivity index (χ1v) is 8.35. The Morgan fingerprint density at radius 3 is 2.48 bits per heavy atom. The van der Waals surface area contributed by atoms with E-state index in [0.29, 0.717) is 22.6 Å². The molecule has 0 unspecified atom stereocenters. The summed E-state index contributed by atoms with van der Waals surface area (Å²) in [7, 11) is -1.06. The Kier molecular flexibility index (Phi) is 5.12. The van der Waals surface area contributed by atoms with Crippen LogP contribution < -0.4 is 14.2 Å². The molecular formula is C16H19NO5S. The molecule has 0 saturated heterocycles. The van der Waals surface area contributed by atoms with E-state index in [-0.39, 0.29) is 17.3 Å². The molecule has 124 valence electrons. The topological polar surface area (TPSA) is 84.9 Å². The van der Waals surface area contributed by atoms with E-state index in [2.05, 4.69) is 4.72 Å². The molecule has 0 aromatic heterocycles. The molecule has 0 spiro atoms. The van der Waals surface area contributed by atoms with Crippen LogP contribution in [-0.2, 0) is 16.6 Å². The van der Waals surface area contributed by atoms with Crippen molar-refractivity contribution in [3.63, 3.8) is 0 Å². The van der Waals surface area contributed by atoms with Crippen LogP contribution in [0, 0.1) is 6.92 Å². The smallest absolute Gasteiger partial charge is 0.265 e. The molecule has 2 aromatic rings. The van der Waals surface area contributed by atoms with E-state index in [1.54, 1.807) is 31.2 Å². The third-order valence-electron chi connectivity index (χ3n) is 3.43. The number of aliphatic hydroxyl groups excluding tert-OH is 1. The summed E-state index contributed by atoms with van der Waals surface area (Å²) in [5.41, 5.74) is 1.57. The van der Waals surface area contributed by atoms with Crippen molar-refractivity contribution in [2.45, 2.75) is 18.4 Å². The van der Waals surface area contributed by atoms with Gasteiger partial charge in [0.2, 0.25) is 0 Å². The minimum atomic E-state index is -3.91. The Hall–Kier alpha value is -2.25. The zero-order chi connectivity index (χ0) is 17.0. The molecule has 2 aromatic carbocycles. The van der Waals surface area contributed by atoms with Crippen molar-refractivity contribution in [3.8, 4) is 11.5 Å². The number of hydrogen-bond donors (Lipinski definition) is 2. The highest BCUT2D eigenvalue weighted by Crippen LogP contribution is 2.31. The standard InChI is InChI=1S/C16H19NO5S/c1-11-5-4-6-12(10-18)16(11)17-23(19,20)15-9-13(21-2)7-8-14(15)22-3/h4-9,17-18H,10H2,1-3H3. The number of nitrogens with one attached hydrogen (secondary N) is 1. The zero-order valence-corrected chi connectivity index (χ0v) is 14.0. The van der Waals surface area contributed by atoms with Crippen LogP contribution in [-0.4, -0.2) is 27.7 Å². The number of ether oxygens (including phenoxy) is 2. The van der Waals surface area contributed by atoms with Gasteiger partial charge in [0, 0.05) is 11.6 Å². The number of anilines is 1. The molecule has 2 N–H and O–H groups in total. The van der Waals surface area contributed by atoms with E-state index < -0.39 is 10.0 Å². The van der Waals surface area contributed by atoms with E-state index >= 15 is 0 Å². The molecule has 0 amide bonds. The minimum absolute atomic E-state index is 0.0357. The number of aliphatic hydroxyl groups is 1. The van der Waals surface area contributed by atoms with Gasteiger partial charge in [-0.1, -0.05) is 18.2 Å². The Balaban J connectivity index is 2.52. The van der Waals surface area contributed by atoms with Gasteiger partial charge in [-0.2, -0.15) is 0 Å². The summed E-state index contributed by atoms with van der Waals surface area (Å²) in [6.45, 7) is 1.49. The van der Waals surface area contributed by atoms with Gasteiger partial charge in [-0.3, -0.25) is 4.72 Å². The highest BCUT2D eigenvalue weighted by atomic mass is 32.2. The average Bonchev–Trinajstić information content (AvgIpc) is 2.55. The van der Waals surface area contributed by atoms with Crippen molar-refractivity contribution in [3.05, 3.63) is 47.5 Å². The second kappa shape index (κ2) is 6.89. The Bertz CT molecular complexity index is 802. The summed E-state index contributed by atoms with van der Waals surface area (Å²) in [5, 5.41) is 9.41. The maximum Gasteiger partial charge on any atom is 0.265 e.